The molecule has 1 aliphatic heterocycles. The number of amides is 1. The molecule has 0 saturated carbocycles. The van der Waals surface area contributed by atoms with Crippen LogP contribution in [0, 0.1) is 5.82 Å². The van der Waals surface area contributed by atoms with E-state index in [2.05, 4.69) is 10.3 Å². The zero-order valence-corrected chi connectivity index (χ0v) is 14.3. The van der Waals surface area contributed by atoms with E-state index >= 15 is 0 Å². The molecule has 3 aromatic rings. The molecule has 1 atom stereocenters. The summed E-state index contributed by atoms with van der Waals surface area (Å²) in [7, 11) is -3.23. The van der Waals surface area contributed by atoms with Crippen LogP contribution in [0.1, 0.15) is 10.4 Å². The van der Waals surface area contributed by atoms with Gasteiger partial charge < -0.3 is 9.72 Å². The first kappa shape index (κ1) is 16.5. The molecular weight excluding hydrogens is 357 g/mol. The number of nitrogens with zero attached hydrogens (tertiary/aromatic N) is 2. The average molecular weight is 371 g/mol. The third kappa shape index (κ3) is 3.23. The van der Waals surface area contributed by atoms with Crippen LogP contribution in [0.2, 0.25) is 0 Å². The van der Waals surface area contributed by atoms with E-state index in [1.165, 1.54) is 18.2 Å². The summed E-state index contributed by atoms with van der Waals surface area (Å²) in [6.45, 7) is 0. The Morgan fingerprint density at radius 1 is 1.15 bits per heavy atom. The van der Waals surface area contributed by atoms with Crippen LogP contribution in [0.4, 0.5) is 4.39 Å². The Hall–Kier alpha value is -3.00. The van der Waals surface area contributed by atoms with Crippen molar-refractivity contribution in [3.8, 4) is 11.3 Å². The van der Waals surface area contributed by atoms with Crippen molar-refractivity contribution in [3.05, 3.63) is 71.7 Å². The third-order valence-corrected chi connectivity index (χ3v) is 5.50. The van der Waals surface area contributed by atoms with Gasteiger partial charge in [-0.3, -0.25) is 4.79 Å². The molecule has 1 amide bonds. The summed E-state index contributed by atoms with van der Waals surface area (Å²) in [5.41, 5.74) is 2.46. The van der Waals surface area contributed by atoms with Gasteiger partial charge in [-0.1, -0.05) is 0 Å². The lowest BCUT2D eigenvalue weighted by molar-refractivity contribution is 0.0947. The number of rotatable bonds is 3. The number of halogens is 1. The number of carbonyl (C=O) groups excluding carboxylic acids is 1. The third-order valence-electron chi connectivity index (χ3n) is 4.10. The van der Waals surface area contributed by atoms with Gasteiger partial charge in [0.25, 0.3) is 5.91 Å². The number of hydrogen-bond donors (Lipinski definition) is 1. The summed E-state index contributed by atoms with van der Waals surface area (Å²) in [6, 6.07) is 8.79. The lowest BCUT2D eigenvalue weighted by Gasteiger charge is -2.10. The van der Waals surface area contributed by atoms with Gasteiger partial charge in [0.05, 0.1) is 23.1 Å². The lowest BCUT2D eigenvalue weighted by Crippen LogP contribution is -2.35. The van der Waals surface area contributed by atoms with E-state index in [-0.39, 0.29) is 17.5 Å². The zero-order valence-electron chi connectivity index (χ0n) is 13.5. The Kier molecular flexibility index (Phi) is 3.84. The molecule has 8 heteroatoms. The predicted octanol–water partition coefficient (Wildman–Crippen LogP) is 2.18. The molecule has 0 bridgehead atoms. The van der Waals surface area contributed by atoms with Gasteiger partial charge >= 0.3 is 0 Å². The fourth-order valence-corrected chi connectivity index (χ4v) is 4.04. The summed E-state index contributed by atoms with van der Waals surface area (Å²) in [4.78, 5) is 16.8. The van der Waals surface area contributed by atoms with E-state index in [1.54, 1.807) is 41.1 Å². The highest BCUT2D eigenvalue weighted by molar-refractivity contribution is 7.94. The van der Waals surface area contributed by atoms with E-state index < -0.39 is 15.9 Å². The monoisotopic (exact) mass is 371 g/mol. The van der Waals surface area contributed by atoms with Gasteiger partial charge in [0.15, 0.2) is 9.84 Å². The van der Waals surface area contributed by atoms with E-state index in [0.29, 0.717) is 16.9 Å². The minimum absolute atomic E-state index is 0.124. The van der Waals surface area contributed by atoms with Gasteiger partial charge in [-0.05, 0) is 42.5 Å². The summed E-state index contributed by atoms with van der Waals surface area (Å²) in [5.74, 6) is -0.809. The fraction of sp³-hybridized carbons (Fsp3) is 0.111. The van der Waals surface area contributed by atoms with E-state index in [4.69, 9.17) is 0 Å². The number of sulfone groups is 1. The van der Waals surface area contributed by atoms with E-state index in [1.807, 2.05) is 0 Å². The van der Waals surface area contributed by atoms with Gasteiger partial charge in [-0.2, -0.15) is 0 Å². The largest absolute Gasteiger partial charge is 0.345 e. The van der Waals surface area contributed by atoms with Crippen molar-refractivity contribution in [1.82, 2.24) is 14.7 Å². The summed E-state index contributed by atoms with van der Waals surface area (Å²) in [6.07, 6.45) is 4.84. The molecule has 0 aliphatic carbocycles. The lowest BCUT2D eigenvalue weighted by atomic mass is 10.2. The molecule has 0 radical (unpaired) electrons. The molecular formula is C18H14FN3O3S. The number of aromatic nitrogens is 2. The standard InChI is InChI=1S/C18H14FN3O3S/c19-14-4-1-12(2-5-14)16-10-22-9-13(3-6-17(22)21-16)18(23)20-15-7-8-26(24,25)11-15/h1-10,15H,11H2,(H,20,23)/t15-/m1/s1. The number of benzene rings is 1. The molecule has 0 unspecified atom stereocenters. The Morgan fingerprint density at radius 2 is 1.92 bits per heavy atom. The number of pyridine rings is 1. The van der Waals surface area contributed by atoms with Crippen molar-refractivity contribution < 1.29 is 17.6 Å². The second-order valence-electron chi connectivity index (χ2n) is 6.05. The summed E-state index contributed by atoms with van der Waals surface area (Å²) < 4.78 is 37.6. The Balaban J connectivity index is 1.58. The molecule has 2 aromatic heterocycles. The maximum Gasteiger partial charge on any atom is 0.253 e. The van der Waals surface area contributed by atoms with Crippen LogP contribution in [0.3, 0.4) is 0 Å². The molecule has 1 aromatic carbocycles. The van der Waals surface area contributed by atoms with Gasteiger partial charge in [0.2, 0.25) is 0 Å². The Morgan fingerprint density at radius 3 is 2.62 bits per heavy atom. The molecule has 4 rings (SSSR count). The highest BCUT2D eigenvalue weighted by atomic mass is 32.2. The molecule has 0 spiro atoms. The molecule has 0 saturated heterocycles. The molecule has 1 N–H and O–H groups in total. The van der Waals surface area contributed by atoms with Gasteiger partial charge in [0, 0.05) is 23.4 Å². The smallest absolute Gasteiger partial charge is 0.253 e. The van der Waals surface area contributed by atoms with Gasteiger partial charge in [-0.25, -0.2) is 17.8 Å². The first-order valence-corrected chi connectivity index (χ1v) is 9.58. The minimum atomic E-state index is -3.23. The van der Waals surface area contributed by atoms with Crippen LogP contribution in [-0.4, -0.2) is 35.5 Å². The van der Waals surface area contributed by atoms with Gasteiger partial charge in [0.1, 0.15) is 11.5 Å². The first-order valence-electron chi connectivity index (χ1n) is 7.86. The maximum absolute atomic E-state index is 13.1. The molecule has 3 heterocycles. The quantitative estimate of drug-likeness (QED) is 0.765. The predicted molar refractivity (Wildman–Crippen MR) is 94.8 cm³/mol. The van der Waals surface area contributed by atoms with Crippen molar-refractivity contribution in [2.24, 2.45) is 0 Å². The van der Waals surface area contributed by atoms with Crippen molar-refractivity contribution in [2.75, 3.05) is 5.75 Å². The van der Waals surface area contributed by atoms with Crippen molar-refractivity contribution >= 4 is 21.4 Å². The second-order valence-corrected chi connectivity index (χ2v) is 7.99. The normalized spacial score (nSPS) is 18.3. The second kappa shape index (κ2) is 6.06. The van der Waals surface area contributed by atoms with Crippen LogP contribution in [0.5, 0.6) is 0 Å². The molecule has 6 nitrogen and oxygen atoms in total. The fourth-order valence-electron chi connectivity index (χ4n) is 2.80. The number of nitrogens with one attached hydrogen (secondary N) is 1. The Bertz CT molecular complexity index is 1130. The van der Waals surface area contributed by atoms with Crippen LogP contribution >= 0.6 is 0 Å². The Labute approximate surface area is 148 Å². The average Bonchev–Trinajstić information content (AvgIpc) is 3.17. The van der Waals surface area contributed by atoms with Crippen LogP contribution in [0.25, 0.3) is 16.9 Å². The molecule has 132 valence electrons. The highest BCUT2D eigenvalue weighted by Gasteiger charge is 2.23. The minimum Gasteiger partial charge on any atom is -0.345 e. The molecule has 26 heavy (non-hydrogen) atoms. The van der Waals surface area contributed by atoms with Gasteiger partial charge in [-0.15, -0.1) is 0 Å². The SMILES string of the molecule is O=C(N[C@@H]1C=CS(=O)(=O)C1)c1ccc2nc(-c3ccc(F)cc3)cn2c1. The van der Waals surface area contributed by atoms with E-state index in [0.717, 1.165) is 11.0 Å². The van der Waals surface area contributed by atoms with Crippen LogP contribution in [-0.2, 0) is 9.84 Å². The van der Waals surface area contributed by atoms with E-state index in [9.17, 15) is 17.6 Å². The molecule has 1 aliphatic rings. The van der Waals surface area contributed by atoms with Crippen molar-refractivity contribution in [3.63, 3.8) is 0 Å². The highest BCUT2D eigenvalue weighted by Crippen LogP contribution is 2.20. The topological polar surface area (TPSA) is 80.5 Å². The summed E-state index contributed by atoms with van der Waals surface area (Å²) in [5, 5.41) is 3.80. The number of imidazole rings is 1. The van der Waals surface area contributed by atoms with Crippen molar-refractivity contribution in [1.29, 1.82) is 0 Å². The number of carbonyl (C=O) groups is 1. The van der Waals surface area contributed by atoms with Crippen LogP contribution < -0.4 is 5.32 Å². The number of fused-ring (bicyclic) bond motifs is 1. The number of hydrogen-bond acceptors (Lipinski definition) is 4. The summed E-state index contributed by atoms with van der Waals surface area (Å²) >= 11 is 0. The van der Waals surface area contributed by atoms with Crippen molar-refractivity contribution in [2.45, 2.75) is 6.04 Å². The van der Waals surface area contributed by atoms with Crippen LogP contribution in [0.15, 0.2) is 60.3 Å². The molecule has 0 fully saturated rings. The zero-order chi connectivity index (χ0) is 18.3. The first-order chi connectivity index (χ1) is 12.4. The maximum atomic E-state index is 13.1.